The van der Waals surface area contributed by atoms with Crippen LogP contribution < -0.4 is 0 Å². The van der Waals surface area contributed by atoms with E-state index in [1.165, 1.54) is 12.8 Å². The van der Waals surface area contributed by atoms with Crippen LogP contribution in [0.15, 0.2) is 0 Å². The van der Waals surface area contributed by atoms with E-state index in [-0.39, 0.29) is 5.38 Å². The van der Waals surface area contributed by atoms with Gasteiger partial charge in [0.1, 0.15) is 5.38 Å². The molecular weight excluding hydrogens is 196 g/mol. The van der Waals surface area contributed by atoms with Gasteiger partial charge in [-0.1, -0.05) is 20.3 Å². The molecule has 0 radical (unpaired) electrons. The molecule has 0 N–H and O–H groups in total. The van der Waals surface area contributed by atoms with Crippen molar-refractivity contribution in [3.8, 4) is 6.07 Å². The SMILES string of the molecule is CCCCN(CC(Cl)C#N)C(C)CC. The van der Waals surface area contributed by atoms with Crippen LogP contribution in [0.1, 0.15) is 40.0 Å². The van der Waals surface area contributed by atoms with Gasteiger partial charge in [-0.25, -0.2) is 0 Å². The van der Waals surface area contributed by atoms with Crippen LogP contribution in [0.2, 0.25) is 0 Å². The molecule has 0 bridgehead atoms. The Labute approximate surface area is 92.8 Å². The lowest BCUT2D eigenvalue weighted by Crippen LogP contribution is -2.37. The van der Waals surface area contributed by atoms with Crippen LogP contribution in [0.5, 0.6) is 0 Å². The van der Waals surface area contributed by atoms with Crippen molar-refractivity contribution in [3.05, 3.63) is 0 Å². The predicted molar refractivity (Wildman–Crippen MR) is 61.5 cm³/mol. The van der Waals surface area contributed by atoms with Gasteiger partial charge >= 0.3 is 0 Å². The molecular formula is C11H21ClN2. The first kappa shape index (κ1) is 13.7. The van der Waals surface area contributed by atoms with Gasteiger partial charge < -0.3 is 0 Å². The Morgan fingerprint density at radius 3 is 2.50 bits per heavy atom. The third kappa shape index (κ3) is 5.47. The second kappa shape index (κ2) is 8.08. The minimum Gasteiger partial charge on any atom is -0.298 e. The van der Waals surface area contributed by atoms with Crippen molar-refractivity contribution >= 4 is 11.6 Å². The highest BCUT2D eigenvalue weighted by molar-refractivity contribution is 6.22. The van der Waals surface area contributed by atoms with E-state index >= 15 is 0 Å². The van der Waals surface area contributed by atoms with E-state index in [4.69, 9.17) is 16.9 Å². The number of hydrogen-bond donors (Lipinski definition) is 0. The van der Waals surface area contributed by atoms with Gasteiger partial charge in [0.25, 0.3) is 0 Å². The van der Waals surface area contributed by atoms with Crippen molar-refractivity contribution in [2.75, 3.05) is 13.1 Å². The van der Waals surface area contributed by atoms with Crippen LogP contribution in [0.25, 0.3) is 0 Å². The molecule has 0 aliphatic heterocycles. The molecule has 2 atom stereocenters. The van der Waals surface area contributed by atoms with E-state index in [9.17, 15) is 0 Å². The van der Waals surface area contributed by atoms with Crippen molar-refractivity contribution < 1.29 is 0 Å². The molecule has 82 valence electrons. The minimum atomic E-state index is -0.374. The molecule has 3 heteroatoms. The summed E-state index contributed by atoms with van der Waals surface area (Å²) in [5.41, 5.74) is 0. The molecule has 0 aromatic rings. The van der Waals surface area contributed by atoms with Crippen LogP contribution in [0.4, 0.5) is 0 Å². The second-order valence-corrected chi connectivity index (χ2v) is 4.23. The zero-order chi connectivity index (χ0) is 11.0. The van der Waals surface area contributed by atoms with Gasteiger partial charge in [0.15, 0.2) is 0 Å². The smallest absolute Gasteiger partial charge is 0.133 e. The Morgan fingerprint density at radius 1 is 1.43 bits per heavy atom. The molecule has 0 fully saturated rings. The molecule has 0 aliphatic rings. The largest absolute Gasteiger partial charge is 0.298 e. The van der Waals surface area contributed by atoms with Gasteiger partial charge in [-0.3, -0.25) is 4.90 Å². The van der Waals surface area contributed by atoms with E-state index in [0.717, 1.165) is 13.0 Å². The summed E-state index contributed by atoms with van der Waals surface area (Å²) in [5, 5.41) is 8.28. The molecule has 0 saturated heterocycles. The number of nitrogens with zero attached hydrogens (tertiary/aromatic N) is 2. The van der Waals surface area contributed by atoms with Crippen LogP contribution in [0.3, 0.4) is 0 Å². The fraction of sp³-hybridized carbons (Fsp3) is 0.909. The Bertz CT molecular complexity index is 177. The summed E-state index contributed by atoms with van der Waals surface area (Å²) >= 11 is 5.84. The van der Waals surface area contributed by atoms with Gasteiger partial charge in [-0.15, -0.1) is 11.6 Å². The Hall–Kier alpha value is -0.260. The first-order valence-corrected chi connectivity index (χ1v) is 5.87. The standard InChI is InChI=1S/C11H21ClN2/c1-4-6-7-14(10(3)5-2)9-11(12)8-13/h10-11H,4-7,9H2,1-3H3. The van der Waals surface area contributed by atoms with Crippen LogP contribution >= 0.6 is 11.6 Å². The maximum Gasteiger partial charge on any atom is 0.133 e. The number of alkyl halides is 1. The maximum atomic E-state index is 8.65. The van der Waals surface area contributed by atoms with Gasteiger partial charge in [-0.05, 0) is 26.3 Å². The second-order valence-electron chi connectivity index (χ2n) is 3.70. The minimum absolute atomic E-state index is 0.374. The summed E-state index contributed by atoms with van der Waals surface area (Å²) in [7, 11) is 0. The first-order chi connectivity index (χ1) is 6.65. The average Bonchev–Trinajstić information content (AvgIpc) is 2.22. The van der Waals surface area contributed by atoms with Crippen LogP contribution in [0, 0.1) is 11.3 Å². The summed E-state index contributed by atoms with van der Waals surface area (Å²) in [6, 6.07) is 2.60. The highest BCUT2D eigenvalue weighted by Gasteiger charge is 2.15. The molecule has 0 saturated carbocycles. The molecule has 0 spiro atoms. The summed E-state index contributed by atoms with van der Waals surface area (Å²) < 4.78 is 0. The zero-order valence-electron chi connectivity index (χ0n) is 9.46. The summed E-state index contributed by atoms with van der Waals surface area (Å²) in [4.78, 5) is 2.31. The van der Waals surface area contributed by atoms with E-state index < -0.39 is 0 Å². The molecule has 2 nitrogen and oxygen atoms in total. The third-order valence-corrected chi connectivity index (χ3v) is 2.78. The molecule has 0 rings (SSSR count). The van der Waals surface area contributed by atoms with E-state index in [1.807, 2.05) is 0 Å². The lowest BCUT2D eigenvalue weighted by molar-refractivity contribution is 0.206. The van der Waals surface area contributed by atoms with Crippen molar-refractivity contribution in [2.45, 2.75) is 51.5 Å². The number of unbranched alkanes of at least 4 members (excludes halogenated alkanes) is 1. The Balaban J connectivity index is 4.04. The normalized spacial score (nSPS) is 15.1. The van der Waals surface area contributed by atoms with E-state index in [0.29, 0.717) is 12.6 Å². The van der Waals surface area contributed by atoms with Gasteiger partial charge in [0.2, 0.25) is 0 Å². The lowest BCUT2D eigenvalue weighted by atomic mass is 10.2. The maximum absolute atomic E-state index is 8.65. The highest BCUT2D eigenvalue weighted by atomic mass is 35.5. The lowest BCUT2D eigenvalue weighted by Gasteiger charge is -2.28. The number of hydrogen-bond acceptors (Lipinski definition) is 2. The fourth-order valence-electron chi connectivity index (χ4n) is 1.36. The average molecular weight is 217 g/mol. The van der Waals surface area contributed by atoms with Crippen molar-refractivity contribution in [1.29, 1.82) is 5.26 Å². The summed E-state index contributed by atoms with van der Waals surface area (Å²) in [5.74, 6) is 0. The van der Waals surface area contributed by atoms with Gasteiger partial charge in [-0.2, -0.15) is 5.26 Å². The monoisotopic (exact) mass is 216 g/mol. The van der Waals surface area contributed by atoms with Crippen molar-refractivity contribution in [2.24, 2.45) is 0 Å². The molecule has 0 amide bonds. The van der Waals surface area contributed by atoms with Crippen molar-refractivity contribution in [1.82, 2.24) is 4.90 Å². The van der Waals surface area contributed by atoms with Gasteiger partial charge in [0.05, 0.1) is 6.07 Å². The Kier molecular flexibility index (Phi) is 7.93. The summed E-state index contributed by atoms with van der Waals surface area (Å²) in [6.45, 7) is 8.27. The molecule has 0 aromatic heterocycles. The molecule has 0 aliphatic carbocycles. The van der Waals surface area contributed by atoms with Crippen LogP contribution in [-0.4, -0.2) is 29.4 Å². The first-order valence-electron chi connectivity index (χ1n) is 5.43. The summed E-state index contributed by atoms with van der Waals surface area (Å²) in [6.07, 6.45) is 3.48. The van der Waals surface area contributed by atoms with Crippen LogP contribution in [-0.2, 0) is 0 Å². The molecule has 2 unspecified atom stereocenters. The topological polar surface area (TPSA) is 27.0 Å². The third-order valence-electron chi connectivity index (χ3n) is 2.55. The van der Waals surface area contributed by atoms with E-state index in [2.05, 4.69) is 31.7 Å². The predicted octanol–water partition coefficient (Wildman–Crippen LogP) is 3.02. The molecule has 0 aromatic carbocycles. The highest BCUT2D eigenvalue weighted by Crippen LogP contribution is 2.08. The van der Waals surface area contributed by atoms with Crippen molar-refractivity contribution in [3.63, 3.8) is 0 Å². The number of rotatable bonds is 7. The molecule has 0 heterocycles. The number of halogens is 1. The van der Waals surface area contributed by atoms with E-state index in [1.54, 1.807) is 0 Å². The number of nitriles is 1. The van der Waals surface area contributed by atoms with Gasteiger partial charge in [0, 0.05) is 12.6 Å². The Morgan fingerprint density at radius 2 is 2.07 bits per heavy atom. The molecule has 14 heavy (non-hydrogen) atoms. The fourth-order valence-corrected chi connectivity index (χ4v) is 1.54. The quantitative estimate of drug-likeness (QED) is 0.612. The zero-order valence-corrected chi connectivity index (χ0v) is 10.2.